The van der Waals surface area contributed by atoms with Gasteiger partial charge in [0.15, 0.2) is 0 Å². The largest absolute Gasteiger partial charge is 0.457 e. The predicted octanol–water partition coefficient (Wildman–Crippen LogP) is -16.9. The molecule has 0 spiro atoms. The maximum absolute atomic E-state index is 7.20. The van der Waals surface area contributed by atoms with Crippen LogP contribution in [0.4, 0.5) is 0 Å². The van der Waals surface area contributed by atoms with Crippen molar-refractivity contribution in [1.82, 2.24) is 0 Å². The molecule has 0 fully saturated rings. The Labute approximate surface area is 381 Å². The molecule has 0 radical (unpaired) electrons. The van der Waals surface area contributed by atoms with E-state index < -0.39 is 0 Å². The first-order valence-corrected chi connectivity index (χ1v) is 22.6. The summed E-state index contributed by atoms with van der Waals surface area (Å²) >= 11 is 0. The molecule has 1 nitrogen and oxygen atoms in total. The summed E-state index contributed by atoms with van der Waals surface area (Å²) in [4.78, 5) is 0. The van der Waals surface area contributed by atoms with Crippen molar-refractivity contribution in [3.63, 3.8) is 0 Å². The van der Waals surface area contributed by atoms with E-state index in [0.717, 1.165) is 11.2 Å². The average molecular weight is 772 g/mol. The zero-order valence-electron chi connectivity index (χ0n) is 40.1. The smallest absolute Gasteiger partial charge is 0.145 e. The Morgan fingerprint density at radius 1 is 0.258 bits per heavy atom. The van der Waals surface area contributed by atoms with Crippen molar-refractivity contribution >= 4 is 302 Å². The summed E-state index contributed by atoms with van der Waals surface area (Å²) in [5.41, 5.74) is 30.3. The van der Waals surface area contributed by atoms with Gasteiger partial charge >= 0.3 is 0 Å². The van der Waals surface area contributed by atoms with Crippen LogP contribution in [0.25, 0.3) is 98.1 Å². The Morgan fingerprint density at radius 2 is 0.645 bits per heavy atom. The first-order chi connectivity index (χ1) is 29.4. The van der Waals surface area contributed by atoms with Gasteiger partial charge in [0.05, 0.1) is 0 Å². The second-order valence-corrected chi connectivity index (χ2v) is 19.2. The first kappa shape index (κ1) is 41.2. The molecule has 0 aliphatic carbocycles. The Balaban J connectivity index is 1.51. The predicted molar refractivity (Wildman–Crippen MR) is 331 cm³/mol. The van der Waals surface area contributed by atoms with E-state index in [2.05, 4.69) is 188 Å². The van der Waals surface area contributed by atoms with Crippen LogP contribution in [-0.2, 0) is 0 Å². The van der Waals surface area contributed by atoms with Gasteiger partial charge < -0.3 is 4.42 Å². The van der Waals surface area contributed by atoms with Crippen molar-refractivity contribution < 1.29 is 4.42 Å². The Bertz CT molecular complexity index is 3700. The Hall–Kier alpha value is -4.82. The third-order valence-corrected chi connectivity index (χ3v) is 16.8. The molecule has 0 aliphatic heterocycles. The topological polar surface area (TPSA) is 13.1 Å². The minimum atomic E-state index is 1.02. The molecule has 0 amide bonds. The lowest BCUT2D eigenvalue weighted by molar-refractivity contribution is 0.675. The summed E-state index contributed by atoms with van der Waals surface area (Å²) in [5, 5.41) is 16.0. The number of rotatable bonds is 2. The summed E-state index contributed by atoms with van der Waals surface area (Å²) < 4.78 is 7.20. The molecule has 10 aromatic rings. The van der Waals surface area contributed by atoms with Gasteiger partial charge in [0.2, 0.25) is 0 Å². The van der Waals surface area contributed by atoms with E-state index in [1.54, 1.807) is 0 Å². The van der Waals surface area contributed by atoms with Gasteiger partial charge in [-0.3, -0.25) is 0 Å². The van der Waals surface area contributed by atoms with Crippen molar-refractivity contribution in [1.29, 1.82) is 0 Å². The number of fused-ring (bicyclic) bond motifs is 9. The lowest BCUT2D eigenvalue weighted by Crippen LogP contribution is -2.50. The Morgan fingerprint density at radius 3 is 1.16 bits per heavy atom. The van der Waals surface area contributed by atoms with Crippen LogP contribution < -0.4 is 92.9 Å². The van der Waals surface area contributed by atoms with Gasteiger partial charge in [-0.15, -0.1) is 32.8 Å². The SMILES string of the molecule is Bc1c(-c2c3c(B)c(B)c(B)c(B)c3c(-c3cc4ccccc4c4ccccc34)c3c(B)c(B)c(B)c(B)c23)c(B)c2c(oc3c(B)c4c(B)c(B)c(B)c(B)c4c(B)c32)c1B. The fourth-order valence-electron chi connectivity index (χ4n) is 12.2. The van der Waals surface area contributed by atoms with E-state index in [1.165, 1.54) is 180 Å². The number of furan rings is 1. The van der Waals surface area contributed by atoms with Crippen LogP contribution in [0.15, 0.2) is 59.0 Å². The first-order valence-electron chi connectivity index (χ1n) is 22.6. The highest BCUT2D eigenvalue weighted by atomic mass is 16.3. The molecular weight excluding hydrogens is 728 g/mol. The molecule has 0 saturated heterocycles. The standard InChI is InChI=1S/C44H43B17O/c45-26-21(34(53)42(61)44-25(26)24-27(46)22-23(35(54)43(24)62-44)33(52)41(60)40(59)32(22)51)16-19-17(28(47)36(55)38(57)30(19)49)15(18-20(16)31(50)39(58)37(56)29(18)48)14-9-10-5-1-2-6-11(10)12-7-3-4-8-13(12)14/h1-9H,45-61H2. The number of benzene rings is 9. The molecule has 276 valence electrons. The van der Waals surface area contributed by atoms with Crippen molar-refractivity contribution in [2.45, 2.75) is 0 Å². The molecule has 62 heavy (non-hydrogen) atoms. The molecule has 0 aliphatic rings. The average Bonchev–Trinajstić information content (AvgIpc) is 3.69. The minimum Gasteiger partial charge on any atom is -0.457 e. The van der Waals surface area contributed by atoms with Crippen LogP contribution in [0.2, 0.25) is 0 Å². The maximum atomic E-state index is 7.20. The van der Waals surface area contributed by atoms with Crippen LogP contribution in [-0.4, -0.2) is 133 Å². The lowest BCUT2D eigenvalue weighted by atomic mass is 9.58. The van der Waals surface area contributed by atoms with Crippen molar-refractivity contribution in [3.8, 4) is 22.3 Å². The molecule has 0 unspecified atom stereocenters. The molecule has 0 bridgehead atoms. The second-order valence-electron chi connectivity index (χ2n) is 19.2. The summed E-state index contributed by atoms with van der Waals surface area (Å²) in [6.07, 6.45) is 0. The van der Waals surface area contributed by atoms with Gasteiger partial charge in [-0.25, -0.2) is 0 Å². The van der Waals surface area contributed by atoms with Gasteiger partial charge in [0.25, 0.3) is 0 Å². The molecular formula is C44H43B17O. The van der Waals surface area contributed by atoms with Crippen LogP contribution in [0.5, 0.6) is 0 Å². The van der Waals surface area contributed by atoms with E-state index in [4.69, 9.17) is 4.42 Å². The zero-order valence-corrected chi connectivity index (χ0v) is 40.1. The lowest BCUT2D eigenvalue weighted by Gasteiger charge is -2.30. The van der Waals surface area contributed by atoms with Crippen LogP contribution >= 0.6 is 0 Å². The fourth-order valence-corrected chi connectivity index (χ4v) is 12.2. The molecule has 18 heteroatoms. The van der Waals surface area contributed by atoms with Gasteiger partial charge in [0, 0.05) is 10.8 Å². The maximum Gasteiger partial charge on any atom is 0.145 e. The highest BCUT2D eigenvalue weighted by molar-refractivity contribution is 6.74. The highest BCUT2D eigenvalue weighted by Crippen LogP contribution is 2.44. The third-order valence-electron chi connectivity index (χ3n) is 16.8. The summed E-state index contributed by atoms with van der Waals surface area (Å²) in [6, 6.07) is 20.5. The number of hydrogen-bond donors (Lipinski definition) is 0. The van der Waals surface area contributed by atoms with Crippen molar-refractivity contribution in [2.24, 2.45) is 0 Å². The van der Waals surface area contributed by atoms with Crippen LogP contribution in [0.1, 0.15) is 0 Å². The molecule has 0 N–H and O–H groups in total. The van der Waals surface area contributed by atoms with E-state index in [1.807, 2.05) is 0 Å². The van der Waals surface area contributed by atoms with Crippen LogP contribution in [0, 0.1) is 0 Å². The number of hydrogen-bond acceptors (Lipinski definition) is 1. The molecule has 9 aromatic carbocycles. The third kappa shape index (κ3) is 5.16. The van der Waals surface area contributed by atoms with E-state index in [-0.39, 0.29) is 0 Å². The monoisotopic (exact) mass is 774 g/mol. The highest BCUT2D eigenvalue weighted by Gasteiger charge is 2.30. The van der Waals surface area contributed by atoms with E-state index in [9.17, 15) is 0 Å². The van der Waals surface area contributed by atoms with E-state index >= 15 is 0 Å². The molecule has 0 saturated carbocycles. The van der Waals surface area contributed by atoms with Gasteiger partial charge in [-0.1, -0.05) is 103 Å². The van der Waals surface area contributed by atoms with Crippen molar-refractivity contribution in [3.05, 3.63) is 54.6 Å². The van der Waals surface area contributed by atoms with Gasteiger partial charge in [-0.05, 0) is 87.6 Å². The summed E-state index contributed by atoms with van der Waals surface area (Å²) in [7, 11) is 39.8. The molecule has 10 rings (SSSR count). The molecule has 1 aromatic heterocycles. The Kier molecular flexibility index (Phi) is 9.37. The van der Waals surface area contributed by atoms with Gasteiger partial charge in [-0.2, -0.15) is 0 Å². The molecule has 1 heterocycles. The van der Waals surface area contributed by atoms with Gasteiger partial charge in [0.1, 0.15) is 145 Å². The fraction of sp³-hybridized carbons (Fsp3) is 0. The summed E-state index contributed by atoms with van der Waals surface area (Å²) in [6.45, 7) is 0. The summed E-state index contributed by atoms with van der Waals surface area (Å²) in [5.74, 6) is 0. The van der Waals surface area contributed by atoms with E-state index in [0.29, 0.717) is 0 Å². The quantitative estimate of drug-likeness (QED) is 0.0969. The second kappa shape index (κ2) is 14.1. The minimum absolute atomic E-state index is 1.02. The molecule has 0 atom stereocenters. The zero-order chi connectivity index (χ0) is 44.3. The normalized spacial score (nSPS) is 12.0. The van der Waals surface area contributed by atoms with Crippen molar-refractivity contribution in [2.75, 3.05) is 0 Å². The van der Waals surface area contributed by atoms with Crippen LogP contribution in [0.3, 0.4) is 0 Å².